The van der Waals surface area contributed by atoms with Crippen molar-refractivity contribution in [2.24, 2.45) is 5.92 Å². The van der Waals surface area contributed by atoms with E-state index in [2.05, 4.69) is 16.6 Å². The molecule has 2 atom stereocenters. The zero-order valence-corrected chi connectivity index (χ0v) is 13.5. The first kappa shape index (κ1) is 15.8. The van der Waals surface area contributed by atoms with Crippen molar-refractivity contribution in [2.45, 2.75) is 45.1 Å². The summed E-state index contributed by atoms with van der Waals surface area (Å²) in [7, 11) is 0. The Balaban J connectivity index is 1.83. The Morgan fingerprint density at radius 3 is 2.75 bits per heavy atom. The minimum absolute atomic E-state index is 0.208. The molecule has 0 radical (unpaired) electrons. The summed E-state index contributed by atoms with van der Waals surface area (Å²) in [4.78, 5) is 13.7. The number of likely N-dealkylation sites (tertiary alicyclic amines) is 1. The van der Waals surface area contributed by atoms with Crippen molar-refractivity contribution in [2.75, 3.05) is 19.6 Å². The van der Waals surface area contributed by atoms with Gasteiger partial charge in [-0.1, -0.05) is 23.4 Å². The van der Waals surface area contributed by atoms with Gasteiger partial charge in [-0.05, 0) is 25.7 Å². The third-order valence-electron chi connectivity index (χ3n) is 3.97. The molecule has 2 heterocycles. The molecule has 0 N–H and O–H groups in total. The number of hydrogen-bond donors (Lipinski definition) is 0. The lowest BCUT2D eigenvalue weighted by Gasteiger charge is -2.30. The maximum absolute atomic E-state index is 11.1. The van der Waals surface area contributed by atoms with E-state index in [0.29, 0.717) is 6.42 Å². The summed E-state index contributed by atoms with van der Waals surface area (Å²) in [6.45, 7) is 5.16. The summed E-state index contributed by atoms with van der Waals surface area (Å²) in [6, 6.07) is -0.517. The lowest BCUT2D eigenvalue weighted by Crippen LogP contribution is -2.47. The second-order valence-corrected chi connectivity index (χ2v) is 7.03. The van der Waals surface area contributed by atoms with Crippen molar-refractivity contribution in [3.8, 4) is 0 Å². The second-order valence-electron chi connectivity index (χ2n) is 5.55. The third kappa shape index (κ3) is 3.96. The van der Waals surface area contributed by atoms with Gasteiger partial charge in [-0.25, -0.2) is 0 Å². The molecular formula is C14H22N2O2S2. The van der Waals surface area contributed by atoms with Crippen LogP contribution in [0, 0.1) is 5.92 Å². The molecule has 0 amide bonds. The van der Waals surface area contributed by atoms with Crippen LogP contribution in [0.5, 0.6) is 0 Å². The summed E-state index contributed by atoms with van der Waals surface area (Å²) in [5.74, 6) is -0.785. The monoisotopic (exact) mass is 314 g/mol. The molecule has 0 saturated carbocycles. The van der Waals surface area contributed by atoms with Crippen LogP contribution in [0.15, 0.2) is 0 Å². The maximum atomic E-state index is 11.1. The van der Waals surface area contributed by atoms with Gasteiger partial charge in [0.05, 0.1) is 30.1 Å². The van der Waals surface area contributed by atoms with Gasteiger partial charge in [0.2, 0.25) is 0 Å². The van der Waals surface area contributed by atoms with Gasteiger partial charge in [0.25, 0.3) is 11.5 Å². The van der Waals surface area contributed by atoms with E-state index >= 15 is 0 Å². The first-order chi connectivity index (χ1) is 9.59. The van der Waals surface area contributed by atoms with Crippen LogP contribution in [-0.2, 0) is 16.3 Å². The normalized spacial score (nSPS) is 25.4. The Kier molecular flexibility index (Phi) is 5.86. The molecule has 0 spiro atoms. The van der Waals surface area contributed by atoms with E-state index in [1.165, 1.54) is 25.9 Å². The van der Waals surface area contributed by atoms with Crippen LogP contribution in [0.25, 0.3) is 0 Å². The van der Waals surface area contributed by atoms with Crippen LogP contribution in [0.2, 0.25) is 0 Å². The van der Waals surface area contributed by atoms with Crippen molar-refractivity contribution in [3.63, 3.8) is 0 Å². The number of thiocarbonyl (C=S) groups is 1. The van der Waals surface area contributed by atoms with E-state index < -0.39 is 12.0 Å². The molecule has 0 aliphatic carbocycles. The van der Waals surface area contributed by atoms with Crippen LogP contribution in [0.4, 0.5) is 0 Å². The highest BCUT2D eigenvalue weighted by atomic mass is 32.1. The molecule has 6 heteroatoms. The number of aliphatic carboxylic acids is 1. The number of rotatable bonds is 5. The fourth-order valence-corrected chi connectivity index (χ4v) is 4.12. The molecule has 2 aliphatic heterocycles. The van der Waals surface area contributed by atoms with Crippen molar-refractivity contribution in [3.05, 3.63) is 0 Å². The highest BCUT2D eigenvalue weighted by molar-refractivity contribution is 7.80. The number of carboxylic acids is 1. The highest BCUT2D eigenvalue weighted by Gasteiger charge is 2.29. The maximum Gasteiger partial charge on any atom is 0.290 e. The van der Waals surface area contributed by atoms with Crippen LogP contribution in [0.3, 0.4) is 0 Å². The highest BCUT2D eigenvalue weighted by Crippen LogP contribution is 2.21. The van der Waals surface area contributed by atoms with Gasteiger partial charge in [0.15, 0.2) is 5.37 Å². The first-order valence-corrected chi connectivity index (χ1v) is 8.59. The molecular weight excluding hydrogens is 292 g/mol. The Labute approximate surface area is 130 Å². The first-order valence-electron chi connectivity index (χ1n) is 7.34. The van der Waals surface area contributed by atoms with E-state index in [1.807, 2.05) is 4.90 Å². The zero-order valence-electron chi connectivity index (χ0n) is 11.9. The second kappa shape index (κ2) is 7.43. The van der Waals surface area contributed by atoms with Crippen LogP contribution in [-0.4, -0.2) is 51.2 Å². The smallest absolute Gasteiger partial charge is 0.290 e. The Hall–Kier alpha value is -0.590. The predicted molar refractivity (Wildman–Crippen MR) is 85.4 cm³/mol. The van der Waals surface area contributed by atoms with Gasteiger partial charge in [-0.15, -0.1) is 0 Å². The number of hydrogen-bond acceptors (Lipinski definition) is 4. The summed E-state index contributed by atoms with van der Waals surface area (Å²) in [5.41, 5.74) is 0. The van der Waals surface area contributed by atoms with Gasteiger partial charge in [0.1, 0.15) is 0 Å². The van der Waals surface area contributed by atoms with Crippen molar-refractivity contribution >= 4 is 40.1 Å². The van der Waals surface area contributed by atoms with Gasteiger partial charge in [0, 0.05) is 18.9 Å². The summed E-state index contributed by atoms with van der Waals surface area (Å²) >= 11 is 7.25. The van der Waals surface area contributed by atoms with E-state index in [0.717, 1.165) is 24.4 Å². The number of carboxylic acid groups (broad SMARTS) is 1. The molecule has 112 valence electrons. The van der Waals surface area contributed by atoms with E-state index in [4.69, 9.17) is 12.2 Å². The third-order valence-corrected chi connectivity index (χ3v) is 5.61. The predicted octanol–water partition coefficient (Wildman–Crippen LogP) is 0.450. The SMILES string of the molecule is CC(CC=[S+]N1CCCC1)C(=S)N1CCC[C@H]1C(=O)[O-]. The summed E-state index contributed by atoms with van der Waals surface area (Å²) in [6.07, 6.45) is 5.00. The molecule has 1 unspecified atom stereocenters. The Morgan fingerprint density at radius 2 is 2.10 bits per heavy atom. The van der Waals surface area contributed by atoms with Crippen molar-refractivity contribution in [1.29, 1.82) is 0 Å². The largest absolute Gasteiger partial charge is 0.548 e. The number of carbonyl (C=O) groups excluding carboxylic acids is 1. The topological polar surface area (TPSA) is 46.6 Å². The number of carbonyl (C=O) groups is 1. The molecule has 20 heavy (non-hydrogen) atoms. The number of nitrogens with zero attached hydrogens (tertiary/aromatic N) is 2. The summed E-state index contributed by atoms with van der Waals surface area (Å²) < 4.78 is 2.37. The Bertz CT molecular complexity index is 395. The molecule has 2 aliphatic rings. The standard InChI is InChI=1S/C14H22N2O2S2/c1-11(6-10-20-15-7-2-3-8-15)13(19)16-9-4-5-12(16)14(17)18/h10-12H,2-9H2,1H3/t11?,12-/m0/s1. The minimum atomic E-state index is -0.993. The quantitative estimate of drug-likeness (QED) is 0.419. The molecule has 0 aromatic heterocycles. The van der Waals surface area contributed by atoms with Gasteiger partial charge in [-0.2, -0.15) is 0 Å². The zero-order chi connectivity index (χ0) is 14.5. The van der Waals surface area contributed by atoms with E-state index in [-0.39, 0.29) is 5.92 Å². The fourth-order valence-electron chi connectivity index (χ4n) is 2.75. The van der Waals surface area contributed by atoms with Crippen molar-refractivity contribution < 1.29 is 9.90 Å². The minimum Gasteiger partial charge on any atom is -0.548 e. The molecule has 2 fully saturated rings. The van der Waals surface area contributed by atoms with E-state index in [1.54, 1.807) is 11.5 Å². The van der Waals surface area contributed by atoms with Gasteiger partial charge in [-0.3, -0.25) is 0 Å². The van der Waals surface area contributed by atoms with Crippen LogP contribution in [0.1, 0.15) is 39.0 Å². The Morgan fingerprint density at radius 1 is 1.40 bits per heavy atom. The van der Waals surface area contributed by atoms with Crippen LogP contribution >= 0.6 is 12.2 Å². The summed E-state index contributed by atoms with van der Waals surface area (Å²) in [5, 5.41) is 13.3. The molecule has 0 bridgehead atoms. The molecule has 2 saturated heterocycles. The van der Waals surface area contributed by atoms with Gasteiger partial charge >= 0.3 is 0 Å². The molecule has 4 nitrogen and oxygen atoms in total. The molecule has 2 rings (SSSR count). The van der Waals surface area contributed by atoms with Gasteiger partial charge < -0.3 is 14.8 Å². The average Bonchev–Trinajstić information content (AvgIpc) is 3.08. The lowest BCUT2D eigenvalue weighted by molar-refractivity contribution is -0.309. The fraction of sp³-hybridized carbons (Fsp3) is 0.786. The van der Waals surface area contributed by atoms with Crippen molar-refractivity contribution in [1.82, 2.24) is 9.21 Å². The molecule has 0 aromatic carbocycles. The van der Waals surface area contributed by atoms with Crippen LogP contribution < -0.4 is 5.11 Å². The molecule has 0 aromatic rings. The van der Waals surface area contributed by atoms with E-state index in [9.17, 15) is 9.90 Å². The average molecular weight is 314 g/mol. The lowest BCUT2D eigenvalue weighted by atomic mass is 10.1.